The summed E-state index contributed by atoms with van der Waals surface area (Å²) in [5, 5.41) is 2.89. The standard InChI is InChI=1S/C23H36BNO5/c1-21(2,3)29-20(26)25-17-14-19(15-17)28-18-10-8-16(9-11-18)24-12-13-27-22(4,5)23(6,7)30-24/h8-11,17,19H,12-15H2,1-7H3,(H,25,26). The van der Waals surface area contributed by atoms with E-state index in [2.05, 4.69) is 45.1 Å². The molecule has 1 heterocycles. The van der Waals surface area contributed by atoms with Gasteiger partial charge in [-0.2, -0.15) is 0 Å². The number of rotatable bonds is 4. The summed E-state index contributed by atoms with van der Waals surface area (Å²) < 4.78 is 23.8. The van der Waals surface area contributed by atoms with Crippen molar-refractivity contribution in [1.29, 1.82) is 0 Å². The van der Waals surface area contributed by atoms with E-state index < -0.39 is 5.60 Å². The van der Waals surface area contributed by atoms with Gasteiger partial charge in [-0.25, -0.2) is 4.79 Å². The Balaban J connectivity index is 1.49. The quantitative estimate of drug-likeness (QED) is 0.753. The molecule has 0 bridgehead atoms. The number of amides is 1. The van der Waals surface area contributed by atoms with Gasteiger partial charge in [0.15, 0.2) is 0 Å². The fraction of sp³-hybridized carbons (Fsp3) is 0.696. The maximum absolute atomic E-state index is 11.8. The van der Waals surface area contributed by atoms with Crippen LogP contribution in [0.4, 0.5) is 4.79 Å². The minimum absolute atomic E-state index is 0.00179. The summed E-state index contributed by atoms with van der Waals surface area (Å²) in [4.78, 5) is 11.8. The number of alkyl carbamates (subject to hydrolysis) is 1. The van der Waals surface area contributed by atoms with E-state index in [1.54, 1.807) is 0 Å². The normalized spacial score (nSPS) is 25.6. The summed E-state index contributed by atoms with van der Waals surface area (Å²) >= 11 is 0. The Hall–Kier alpha value is -1.73. The van der Waals surface area contributed by atoms with Crippen molar-refractivity contribution in [1.82, 2.24) is 5.32 Å². The highest BCUT2D eigenvalue weighted by atomic mass is 16.6. The molecule has 0 aromatic heterocycles. The molecule has 1 N–H and O–H groups in total. The highest BCUT2D eigenvalue weighted by molar-refractivity contribution is 6.67. The Labute approximate surface area is 181 Å². The number of carbonyl (C=O) groups excluding carboxylic acids is 1. The van der Waals surface area contributed by atoms with Crippen molar-refractivity contribution >= 4 is 18.5 Å². The molecule has 1 aromatic carbocycles. The van der Waals surface area contributed by atoms with Gasteiger partial charge in [-0.15, -0.1) is 0 Å². The third-order valence-corrected chi connectivity index (χ3v) is 6.10. The van der Waals surface area contributed by atoms with Gasteiger partial charge in [-0.3, -0.25) is 0 Å². The van der Waals surface area contributed by atoms with Gasteiger partial charge in [0.05, 0.1) is 11.2 Å². The molecule has 1 amide bonds. The third kappa shape index (κ3) is 5.70. The summed E-state index contributed by atoms with van der Waals surface area (Å²) in [6, 6.07) is 8.25. The zero-order chi connectivity index (χ0) is 22.2. The maximum Gasteiger partial charge on any atom is 0.407 e. The second-order valence-corrected chi connectivity index (χ2v) is 10.4. The number of ether oxygens (including phenoxy) is 3. The second kappa shape index (κ2) is 8.43. The molecule has 1 aromatic rings. The SMILES string of the molecule is CC(C)(C)OC(=O)NC1CC(Oc2ccc(B3CCOC(C)(C)C(C)(C)O3)cc2)C1. The first kappa shape index (κ1) is 22.9. The van der Waals surface area contributed by atoms with Crippen LogP contribution in [-0.4, -0.2) is 48.6 Å². The molecule has 2 aliphatic rings. The monoisotopic (exact) mass is 417 g/mol. The molecule has 1 aliphatic carbocycles. The Kier molecular flexibility index (Phi) is 6.45. The van der Waals surface area contributed by atoms with E-state index in [0.29, 0.717) is 6.61 Å². The van der Waals surface area contributed by atoms with Crippen LogP contribution in [0.15, 0.2) is 24.3 Å². The van der Waals surface area contributed by atoms with Crippen LogP contribution < -0.4 is 15.5 Å². The molecule has 1 aliphatic heterocycles. The number of carbonyl (C=O) groups is 1. The summed E-state index contributed by atoms with van der Waals surface area (Å²) in [7, 11) is 0. The predicted octanol–water partition coefficient (Wildman–Crippen LogP) is 3.92. The van der Waals surface area contributed by atoms with Gasteiger partial charge < -0.3 is 24.2 Å². The molecule has 166 valence electrons. The Morgan fingerprint density at radius 3 is 2.33 bits per heavy atom. The van der Waals surface area contributed by atoms with Gasteiger partial charge in [0.2, 0.25) is 0 Å². The molecule has 1 saturated carbocycles. The van der Waals surface area contributed by atoms with Crippen molar-refractivity contribution < 1.29 is 23.7 Å². The van der Waals surface area contributed by atoms with E-state index in [-0.39, 0.29) is 36.4 Å². The van der Waals surface area contributed by atoms with Crippen molar-refractivity contribution in [2.45, 2.75) is 96.6 Å². The molecule has 2 fully saturated rings. The molecule has 0 atom stereocenters. The summed E-state index contributed by atoms with van der Waals surface area (Å²) in [5.74, 6) is 0.837. The van der Waals surface area contributed by atoms with Crippen molar-refractivity contribution in [3.05, 3.63) is 24.3 Å². The van der Waals surface area contributed by atoms with Crippen LogP contribution >= 0.6 is 0 Å². The predicted molar refractivity (Wildman–Crippen MR) is 119 cm³/mol. The van der Waals surface area contributed by atoms with Gasteiger partial charge in [-0.05, 0) is 72.4 Å². The average Bonchev–Trinajstić information content (AvgIpc) is 2.67. The van der Waals surface area contributed by atoms with E-state index in [9.17, 15) is 4.79 Å². The van der Waals surface area contributed by atoms with E-state index in [4.69, 9.17) is 18.9 Å². The number of hydrogen-bond donors (Lipinski definition) is 1. The number of nitrogens with one attached hydrogen (secondary N) is 1. The lowest BCUT2D eigenvalue weighted by molar-refractivity contribution is -0.120. The topological polar surface area (TPSA) is 66.0 Å². The molecule has 0 radical (unpaired) electrons. The van der Waals surface area contributed by atoms with Crippen molar-refractivity contribution in [3.8, 4) is 5.75 Å². The summed E-state index contributed by atoms with van der Waals surface area (Å²) in [6.07, 6.45) is 2.14. The van der Waals surface area contributed by atoms with Crippen LogP contribution in [0.3, 0.4) is 0 Å². The minimum atomic E-state index is -0.483. The van der Waals surface area contributed by atoms with Crippen LogP contribution in [-0.2, 0) is 14.1 Å². The first-order valence-corrected chi connectivity index (χ1v) is 10.9. The molecule has 0 spiro atoms. The summed E-state index contributed by atoms with van der Waals surface area (Å²) in [6.45, 7) is 14.6. The zero-order valence-corrected chi connectivity index (χ0v) is 19.4. The molecule has 6 nitrogen and oxygen atoms in total. The molecular formula is C23H36BNO5. The van der Waals surface area contributed by atoms with Gasteiger partial charge in [0, 0.05) is 25.5 Å². The van der Waals surface area contributed by atoms with Gasteiger partial charge in [-0.1, -0.05) is 12.1 Å². The van der Waals surface area contributed by atoms with Gasteiger partial charge in [0.25, 0.3) is 0 Å². The van der Waals surface area contributed by atoms with Crippen LogP contribution in [0.25, 0.3) is 0 Å². The number of hydrogen-bond acceptors (Lipinski definition) is 5. The molecule has 1 saturated heterocycles. The maximum atomic E-state index is 11.8. The fourth-order valence-electron chi connectivity index (χ4n) is 3.59. The van der Waals surface area contributed by atoms with Gasteiger partial charge in [0.1, 0.15) is 17.5 Å². The van der Waals surface area contributed by atoms with Crippen LogP contribution in [0.2, 0.25) is 6.32 Å². The molecule has 7 heteroatoms. The lowest BCUT2D eigenvalue weighted by Crippen LogP contribution is -2.51. The first-order chi connectivity index (χ1) is 13.8. The smallest absolute Gasteiger partial charge is 0.407 e. The highest BCUT2D eigenvalue weighted by Crippen LogP contribution is 2.33. The third-order valence-electron chi connectivity index (χ3n) is 6.10. The van der Waals surface area contributed by atoms with Crippen LogP contribution in [0.1, 0.15) is 61.3 Å². The van der Waals surface area contributed by atoms with Gasteiger partial charge >= 0.3 is 13.0 Å². The van der Waals surface area contributed by atoms with Crippen molar-refractivity contribution in [3.63, 3.8) is 0 Å². The second-order valence-electron chi connectivity index (χ2n) is 10.4. The Bertz CT molecular complexity index is 735. The lowest BCUT2D eigenvalue weighted by atomic mass is 9.58. The molecular weight excluding hydrogens is 381 g/mol. The minimum Gasteiger partial charge on any atom is -0.490 e. The highest BCUT2D eigenvalue weighted by Gasteiger charge is 2.44. The zero-order valence-electron chi connectivity index (χ0n) is 19.4. The number of benzene rings is 1. The van der Waals surface area contributed by atoms with E-state index in [0.717, 1.165) is 30.4 Å². The van der Waals surface area contributed by atoms with Crippen LogP contribution in [0.5, 0.6) is 5.75 Å². The van der Waals surface area contributed by atoms with Crippen molar-refractivity contribution in [2.75, 3.05) is 6.61 Å². The Morgan fingerprint density at radius 2 is 1.73 bits per heavy atom. The van der Waals surface area contributed by atoms with Crippen LogP contribution in [0, 0.1) is 0 Å². The van der Waals surface area contributed by atoms with E-state index in [1.807, 2.05) is 32.9 Å². The molecule has 3 rings (SSSR count). The largest absolute Gasteiger partial charge is 0.490 e. The van der Waals surface area contributed by atoms with Crippen molar-refractivity contribution in [2.24, 2.45) is 0 Å². The fourth-order valence-corrected chi connectivity index (χ4v) is 3.59. The van der Waals surface area contributed by atoms with E-state index >= 15 is 0 Å². The molecule has 0 unspecified atom stereocenters. The van der Waals surface area contributed by atoms with E-state index in [1.165, 1.54) is 0 Å². The average molecular weight is 417 g/mol. The Morgan fingerprint density at radius 1 is 1.10 bits per heavy atom. The first-order valence-electron chi connectivity index (χ1n) is 10.9. The summed E-state index contributed by atoms with van der Waals surface area (Å²) in [5.41, 5.74) is -0.0664. The lowest BCUT2D eigenvalue weighted by Gasteiger charge is -2.40. The molecule has 30 heavy (non-hydrogen) atoms.